The van der Waals surface area contributed by atoms with Crippen LogP contribution < -0.4 is 16.4 Å². The predicted molar refractivity (Wildman–Crippen MR) is 398 cm³/mol. The van der Waals surface area contributed by atoms with E-state index in [1.54, 1.807) is 12.1 Å². The number of pyridine rings is 2. The van der Waals surface area contributed by atoms with Gasteiger partial charge in [0.05, 0.1) is 55.5 Å². The Morgan fingerprint density at radius 1 is 0.228 bits per heavy atom. The Balaban J connectivity index is 0.816. The molecule has 0 unspecified atom stereocenters. The molecule has 0 aliphatic carbocycles. The van der Waals surface area contributed by atoms with Gasteiger partial charge in [0.1, 0.15) is 46.5 Å². The van der Waals surface area contributed by atoms with Gasteiger partial charge in [-0.3, -0.25) is 9.13 Å². The molecule has 0 bridgehead atoms. The van der Waals surface area contributed by atoms with Crippen LogP contribution in [-0.2, 0) is 0 Å². The molecule has 0 aliphatic heterocycles. The van der Waals surface area contributed by atoms with E-state index in [-0.39, 0.29) is 5.46 Å². The van der Waals surface area contributed by atoms with Crippen molar-refractivity contribution < 1.29 is 26.3 Å². The van der Waals surface area contributed by atoms with Gasteiger partial charge in [-0.2, -0.15) is 0 Å². The van der Waals surface area contributed by atoms with Crippen LogP contribution in [0.15, 0.2) is 309 Å². The Morgan fingerprint density at radius 3 is 0.990 bits per heavy atom. The molecule has 0 N–H and O–H groups in total. The number of nitrogens with zero attached hydrogens (tertiary/aromatic N) is 6. The first-order valence-electron chi connectivity index (χ1n) is 33.2. The van der Waals surface area contributed by atoms with E-state index in [1.807, 2.05) is 188 Å². The third kappa shape index (κ3) is 9.67. The van der Waals surface area contributed by atoms with Crippen LogP contribution in [0.5, 0.6) is 0 Å². The molecule has 0 saturated heterocycles. The van der Waals surface area contributed by atoms with Crippen LogP contribution in [0.2, 0.25) is 0 Å². The summed E-state index contributed by atoms with van der Waals surface area (Å²) in [5.41, 5.74) is 13.4. The summed E-state index contributed by atoms with van der Waals surface area (Å²) in [7, 11) is 0. The molecule has 19 aromatic rings. The van der Waals surface area contributed by atoms with Gasteiger partial charge in [-0.05, 0) is 125 Å². The number of para-hydroxylation sites is 4. The van der Waals surface area contributed by atoms with E-state index < -0.39 is 52.5 Å². The van der Waals surface area contributed by atoms with Crippen molar-refractivity contribution in [2.45, 2.75) is 0 Å². The molecule has 13 aromatic carbocycles. The quantitative estimate of drug-likeness (QED) is 0.0957. The molecule has 0 aliphatic rings. The van der Waals surface area contributed by atoms with E-state index in [9.17, 15) is 0 Å². The Morgan fingerprint density at radius 2 is 0.564 bits per heavy atom. The van der Waals surface area contributed by atoms with Crippen molar-refractivity contribution in [3.63, 3.8) is 0 Å². The second-order valence-corrected chi connectivity index (χ2v) is 25.6. The van der Waals surface area contributed by atoms with Crippen LogP contribution in [0.4, 0.5) is 26.3 Å². The van der Waals surface area contributed by atoms with E-state index in [1.165, 1.54) is 0 Å². The van der Waals surface area contributed by atoms with Crippen LogP contribution >= 0.6 is 0 Å². The SMILES string of the molecule is Fc1cc(F)c(B(c2cc(-c3cccc(-n4c5ccccc5c5cc6c(cc54)c4ccccc4n6-c4cccc(-c5ccccc5)n4)c3)cc(-c3cccc(-n4c5ccccc5c5cc6c7ccccc7n(-c7cccc(-c8ccccc8)n7)c6cc54)c3)c2)c2c(F)cc(F)cc2F)c(F)c1. The molecule has 478 valence electrons. The van der Waals surface area contributed by atoms with Crippen LogP contribution in [0, 0.1) is 34.9 Å². The van der Waals surface area contributed by atoms with Crippen LogP contribution in [-0.4, -0.2) is 34.9 Å². The monoisotopic (exact) mass is 1320 g/mol. The van der Waals surface area contributed by atoms with Crippen LogP contribution in [0.1, 0.15) is 0 Å². The maximum Gasteiger partial charge on any atom is 0.256 e. The van der Waals surface area contributed by atoms with Gasteiger partial charge in [0.2, 0.25) is 0 Å². The minimum Gasteiger partial charge on any atom is -0.309 e. The number of benzene rings is 13. The first-order valence-corrected chi connectivity index (χ1v) is 33.2. The van der Waals surface area contributed by atoms with Gasteiger partial charge in [-0.25, -0.2) is 36.3 Å². The fourth-order valence-corrected chi connectivity index (χ4v) is 15.5. The lowest BCUT2D eigenvalue weighted by Crippen LogP contribution is -2.57. The fraction of sp³-hybridized carbons (Fsp3) is 0. The zero-order chi connectivity index (χ0) is 67.7. The number of halogens is 6. The Hall–Kier alpha value is -13.0. The zero-order valence-electron chi connectivity index (χ0n) is 53.5. The molecule has 0 atom stereocenters. The summed E-state index contributed by atoms with van der Waals surface area (Å²) in [4.78, 5) is 10.5. The average Bonchev–Trinajstić information content (AvgIpc) is 1.58. The largest absolute Gasteiger partial charge is 0.309 e. The highest BCUT2D eigenvalue weighted by atomic mass is 19.2. The van der Waals surface area contributed by atoms with Gasteiger partial charge in [-0.1, -0.05) is 187 Å². The predicted octanol–water partition coefficient (Wildman–Crippen LogP) is 20.9. The number of fused-ring (bicyclic) bond motifs is 12. The molecular weight excluding hydrogens is 1270 g/mol. The molecule has 0 saturated carbocycles. The molecule has 0 amide bonds. The first kappa shape index (κ1) is 59.3. The highest BCUT2D eigenvalue weighted by molar-refractivity contribution is 6.95. The molecule has 0 radical (unpaired) electrons. The molecule has 6 nitrogen and oxygen atoms in total. The fourth-order valence-electron chi connectivity index (χ4n) is 15.5. The minimum atomic E-state index is -1.91. The van der Waals surface area contributed by atoms with Gasteiger partial charge in [-0.15, -0.1) is 0 Å². The van der Waals surface area contributed by atoms with Crippen molar-refractivity contribution in [2.75, 3.05) is 0 Å². The third-order valence-corrected chi connectivity index (χ3v) is 19.8. The van der Waals surface area contributed by atoms with E-state index in [0.717, 1.165) is 133 Å². The summed E-state index contributed by atoms with van der Waals surface area (Å²) >= 11 is 0. The van der Waals surface area contributed by atoms with Gasteiger partial charge >= 0.3 is 0 Å². The molecule has 0 spiro atoms. The molecule has 19 rings (SSSR count). The third-order valence-electron chi connectivity index (χ3n) is 19.8. The van der Waals surface area contributed by atoms with Crippen molar-refractivity contribution in [1.82, 2.24) is 28.2 Å². The van der Waals surface area contributed by atoms with Gasteiger partial charge < -0.3 is 9.13 Å². The van der Waals surface area contributed by atoms with E-state index >= 15 is 26.3 Å². The van der Waals surface area contributed by atoms with E-state index in [0.29, 0.717) is 46.5 Å². The highest BCUT2D eigenvalue weighted by Gasteiger charge is 2.35. The molecule has 6 aromatic heterocycles. The molecule has 13 heteroatoms. The molecule has 101 heavy (non-hydrogen) atoms. The van der Waals surface area contributed by atoms with Crippen LogP contribution in [0.3, 0.4) is 0 Å². The summed E-state index contributed by atoms with van der Waals surface area (Å²) in [5, 5.41) is 8.14. The standard InChI is InChI=1S/C88H51BF6N6/c90-59-44-71(92)87(72(93)45-59)89(88-73(94)46-60(91)47-74(88)95)58-40-56(54-23-15-25-61(42-54)98-78-34-12-8-29-65(78)69-50-82-70(49-81(69)98)66-30-10-14-36-80(66)100(82)85-37-17-31-75(96-85)52-19-3-1-4-20-52)39-57(41-58)55-24-16-26-62(43-55)99-77-33-11-7-27-63(77)67-48-68-64-28-9-13-35-79(64)101(84(68)51-83(67)99)86-38-18-32-76(97-86)53-21-5-2-6-22-53/h1-51H. The topological polar surface area (TPSA) is 45.5 Å². The van der Waals surface area contributed by atoms with Crippen molar-refractivity contribution in [2.24, 2.45) is 0 Å². The normalized spacial score (nSPS) is 11.9. The van der Waals surface area contributed by atoms with Crippen LogP contribution in [0.25, 0.3) is 155 Å². The summed E-state index contributed by atoms with van der Waals surface area (Å²) in [6, 6.07) is 97.3. The minimum absolute atomic E-state index is 0.0404. The Labute approximate surface area is 573 Å². The van der Waals surface area contributed by atoms with Crippen molar-refractivity contribution in [1.29, 1.82) is 0 Å². The van der Waals surface area contributed by atoms with Gasteiger partial charge in [0.15, 0.2) is 0 Å². The number of hydrogen-bond acceptors (Lipinski definition) is 2. The Kier molecular flexibility index (Phi) is 13.7. The average molecular weight is 1320 g/mol. The maximum atomic E-state index is 16.8. The lowest BCUT2D eigenvalue weighted by molar-refractivity contribution is 0.551. The van der Waals surface area contributed by atoms with Gasteiger partial charge in [0.25, 0.3) is 6.71 Å². The molecule has 6 heterocycles. The maximum absolute atomic E-state index is 16.8. The second kappa shape index (κ2) is 23.4. The molecule has 0 fully saturated rings. The number of hydrogen-bond donors (Lipinski definition) is 0. The number of aromatic nitrogens is 6. The van der Waals surface area contributed by atoms with E-state index in [2.05, 4.69) is 103 Å². The van der Waals surface area contributed by atoms with Crippen molar-refractivity contribution in [3.05, 3.63) is 344 Å². The molecular formula is C88H51BF6N6. The summed E-state index contributed by atoms with van der Waals surface area (Å²) in [5.74, 6) is -6.47. The smallest absolute Gasteiger partial charge is 0.256 e. The summed E-state index contributed by atoms with van der Waals surface area (Å²) in [6.45, 7) is -1.91. The summed E-state index contributed by atoms with van der Waals surface area (Å²) < 4.78 is 106. The summed E-state index contributed by atoms with van der Waals surface area (Å²) in [6.07, 6.45) is 0. The Bertz CT molecular complexity index is 6530. The van der Waals surface area contributed by atoms with E-state index in [4.69, 9.17) is 9.97 Å². The van der Waals surface area contributed by atoms with Crippen molar-refractivity contribution in [3.8, 4) is 67.8 Å². The van der Waals surface area contributed by atoms with Crippen molar-refractivity contribution >= 4 is 110 Å². The highest BCUT2D eigenvalue weighted by Crippen LogP contribution is 2.43. The lowest BCUT2D eigenvalue weighted by Gasteiger charge is -2.21. The first-order chi connectivity index (χ1) is 49.5. The lowest BCUT2D eigenvalue weighted by atomic mass is 9.36. The number of rotatable bonds is 11. The second-order valence-electron chi connectivity index (χ2n) is 25.6. The van der Waals surface area contributed by atoms with Gasteiger partial charge in [0, 0.05) is 101 Å². The zero-order valence-corrected chi connectivity index (χ0v) is 53.5.